The van der Waals surface area contributed by atoms with Crippen molar-refractivity contribution in [3.8, 4) is 5.75 Å². The van der Waals surface area contributed by atoms with E-state index in [4.69, 9.17) is 4.74 Å². The van der Waals surface area contributed by atoms with Crippen LogP contribution in [0.15, 0.2) is 53.4 Å². The number of sulfonamides is 1. The highest BCUT2D eigenvalue weighted by molar-refractivity contribution is 7.89. The van der Waals surface area contributed by atoms with Gasteiger partial charge in [-0.2, -0.15) is 4.31 Å². The Morgan fingerprint density at radius 3 is 1.90 bits per heavy atom. The molecule has 0 saturated carbocycles. The summed E-state index contributed by atoms with van der Waals surface area (Å²) in [6.45, 7) is 5.10. The SMILES string of the molecule is COC(=O)c1ccc(OC(=O)c2ccc(S(=O)(=O)N3C[C@@H](C)C[C@H](C)C3)cc2)cc1. The zero-order valence-corrected chi connectivity index (χ0v) is 18.0. The van der Waals surface area contributed by atoms with Gasteiger partial charge in [0.2, 0.25) is 10.0 Å². The lowest BCUT2D eigenvalue weighted by Gasteiger charge is -2.34. The van der Waals surface area contributed by atoms with Gasteiger partial charge >= 0.3 is 11.9 Å². The second-order valence-corrected chi connectivity index (χ2v) is 9.64. The van der Waals surface area contributed by atoms with E-state index in [-0.39, 0.29) is 16.2 Å². The molecular weight excluding hydrogens is 406 g/mol. The average molecular weight is 432 g/mol. The predicted octanol–water partition coefficient (Wildman–Crippen LogP) is 3.36. The molecule has 0 aromatic heterocycles. The van der Waals surface area contributed by atoms with E-state index >= 15 is 0 Å². The van der Waals surface area contributed by atoms with Gasteiger partial charge in [-0.05, 0) is 66.8 Å². The molecule has 0 radical (unpaired) electrons. The summed E-state index contributed by atoms with van der Waals surface area (Å²) in [5.41, 5.74) is 0.569. The first-order valence-corrected chi connectivity index (χ1v) is 11.2. The van der Waals surface area contributed by atoms with Crippen LogP contribution < -0.4 is 4.74 Å². The van der Waals surface area contributed by atoms with Crippen LogP contribution in [0.3, 0.4) is 0 Å². The van der Waals surface area contributed by atoms with E-state index in [0.29, 0.717) is 30.5 Å². The molecule has 8 heteroatoms. The van der Waals surface area contributed by atoms with Gasteiger partial charge in [-0.25, -0.2) is 18.0 Å². The first kappa shape index (κ1) is 22.0. The van der Waals surface area contributed by atoms with Gasteiger partial charge in [0.1, 0.15) is 5.75 Å². The number of piperidine rings is 1. The molecule has 1 aliphatic rings. The van der Waals surface area contributed by atoms with E-state index in [1.807, 2.05) is 0 Å². The van der Waals surface area contributed by atoms with E-state index in [1.165, 1.54) is 59.9 Å². The number of hydrogen-bond donors (Lipinski definition) is 0. The number of methoxy groups -OCH3 is 1. The monoisotopic (exact) mass is 431 g/mol. The Kier molecular flexibility index (Phi) is 6.58. The number of hydrogen-bond acceptors (Lipinski definition) is 6. The van der Waals surface area contributed by atoms with Gasteiger partial charge in [-0.15, -0.1) is 0 Å². The smallest absolute Gasteiger partial charge is 0.343 e. The zero-order chi connectivity index (χ0) is 21.9. The molecular formula is C22H25NO6S. The van der Waals surface area contributed by atoms with Gasteiger partial charge < -0.3 is 9.47 Å². The van der Waals surface area contributed by atoms with Crippen LogP contribution in [0, 0.1) is 11.8 Å². The van der Waals surface area contributed by atoms with Crippen LogP contribution in [-0.2, 0) is 14.8 Å². The first-order valence-electron chi connectivity index (χ1n) is 9.71. The lowest BCUT2D eigenvalue weighted by atomic mass is 9.94. The molecule has 0 unspecified atom stereocenters. The highest BCUT2D eigenvalue weighted by Crippen LogP contribution is 2.27. The molecule has 0 N–H and O–H groups in total. The summed E-state index contributed by atoms with van der Waals surface area (Å²) >= 11 is 0. The normalized spacial score (nSPS) is 19.8. The minimum absolute atomic E-state index is 0.155. The topological polar surface area (TPSA) is 90.0 Å². The summed E-state index contributed by atoms with van der Waals surface area (Å²) in [5.74, 6) is -0.223. The third-order valence-corrected chi connectivity index (χ3v) is 6.89. The van der Waals surface area contributed by atoms with Gasteiger partial charge in [0, 0.05) is 13.1 Å². The minimum atomic E-state index is -3.61. The van der Waals surface area contributed by atoms with E-state index < -0.39 is 22.0 Å². The van der Waals surface area contributed by atoms with Crippen LogP contribution >= 0.6 is 0 Å². The average Bonchev–Trinajstić information content (AvgIpc) is 2.73. The van der Waals surface area contributed by atoms with Gasteiger partial charge in [-0.3, -0.25) is 0 Å². The number of ether oxygens (including phenoxy) is 2. The third-order valence-electron chi connectivity index (χ3n) is 5.05. The second kappa shape index (κ2) is 8.97. The lowest BCUT2D eigenvalue weighted by Crippen LogP contribution is -2.42. The summed E-state index contributed by atoms with van der Waals surface area (Å²) in [4.78, 5) is 24.0. The largest absolute Gasteiger partial charge is 0.465 e. The van der Waals surface area contributed by atoms with E-state index in [0.717, 1.165) is 6.42 Å². The van der Waals surface area contributed by atoms with Gasteiger partial charge in [0.15, 0.2) is 0 Å². The van der Waals surface area contributed by atoms with Crippen LogP contribution in [0.1, 0.15) is 41.0 Å². The summed E-state index contributed by atoms with van der Waals surface area (Å²) in [7, 11) is -2.32. The molecule has 1 fully saturated rings. The van der Waals surface area contributed by atoms with Crippen molar-refractivity contribution in [3.63, 3.8) is 0 Å². The van der Waals surface area contributed by atoms with Crippen molar-refractivity contribution in [1.29, 1.82) is 0 Å². The molecule has 30 heavy (non-hydrogen) atoms. The molecule has 2 aromatic rings. The first-order chi connectivity index (χ1) is 14.2. The molecule has 0 spiro atoms. The number of carbonyl (C=O) groups is 2. The van der Waals surface area contributed by atoms with Crippen molar-refractivity contribution in [1.82, 2.24) is 4.31 Å². The highest BCUT2D eigenvalue weighted by Gasteiger charge is 2.31. The maximum atomic E-state index is 12.9. The van der Waals surface area contributed by atoms with Gasteiger partial charge in [-0.1, -0.05) is 13.8 Å². The molecule has 1 saturated heterocycles. The Bertz CT molecular complexity index is 1000. The van der Waals surface area contributed by atoms with E-state index in [1.54, 1.807) is 0 Å². The van der Waals surface area contributed by atoms with Gasteiger partial charge in [0.05, 0.1) is 23.1 Å². The fraction of sp³-hybridized carbons (Fsp3) is 0.364. The quantitative estimate of drug-likeness (QED) is 0.533. The number of nitrogens with zero attached hydrogens (tertiary/aromatic N) is 1. The zero-order valence-electron chi connectivity index (χ0n) is 17.2. The summed E-state index contributed by atoms with van der Waals surface area (Å²) < 4.78 is 37.3. The molecule has 2 aromatic carbocycles. The molecule has 0 bridgehead atoms. The summed E-state index contributed by atoms with van der Waals surface area (Å²) in [6.07, 6.45) is 1.01. The summed E-state index contributed by atoms with van der Waals surface area (Å²) in [6, 6.07) is 11.7. The molecule has 3 rings (SSSR count). The van der Waals surface area contributed by atoms with Crippen LogP contribution in [-0.4, -0.2) is 44.9 Å². The maximum Gasteiger partial charge on any atom is 0.343 e. The van der Waals surface area contributed by atoms with Crippen molar-refractivity contribution < 1.29 is 27.5 Å². The molecule has 0 aliphatic carbocycles. The molecule has 1 heterocycles. The fourth-order valence-corrected chi connectivity index (χ4v) is 5.34. The highest BCUT2D eigenvalue weighted by atomic mass is 32.2. The number of benzene rings is 2. The Morgan fingerprint density at radius 2 is 1.37 bits per heavy atom. The van der Waals surface area contributed by atoms with Crippen molar-refractivity contribution in [2.75, 3.05) is 20.2 Å². The van der Waals surface area contributed by atoms with Crippen LogP contribution in [0.4, 0.5) is 0 Å². The molecule has 1 aliphatic heterocycles. The van der Waals surface area contributed by atoms with E-state index in [2.05, 4.69) is 18.6 Å². The van der Waals surface area contributed by atoms with Crippen LogP contribution in [0.5, 0.6) is 5.75 Å². The molecule has 0 amide bonds. The fourth-order valence-electron chi connectivity index (χ4n) is 3.66. The Balaban J connectivity index is 1.70. The minimum Gasteiger partial charge on any atom is -0.465 e. The Morgan fingerprint density at radius 1 is 0.867 bits per heavy atom. The Hall–Kier alpha value is -2.71. The van der Waals surface area contributed by atoms with Crippen molar-refractivity contribution in [3.05, 3.63) is 59.7 Å². The predicted molar refractivity (Wildman–Crippen MR) is 111 cm³/mol. The molecule has 160 valence electrons. The third kappa shape index (κ3) is 4.88. The van der Waals surface area contributed by atoms with Crippen LogP contribution in [0.2, 0.25) is 0 Å². The summed E-state index contributed by atoms with van der Waals surface area (Å²) in [5, 5.41) is 0. The van der Waals surface area contributed by atoms with Crippen molar-refractivity contribution in [2.45, 2.75) is 25.2 Å². The molecule has 7 nitrogen and oxygen atoms in total. The number of carbonyl (C=O) groups excluding carboxylic acids is 2. The van der Waals surface area contributed by atoms with Gasteiger partial charge in [0.25, 0.3) is 0 Å². The molecule has 2 atom stereocenters. The van der Waals surface area contributed by atoms with Crippen molar-refractivity contribution >= 4 is 22.0 Å². The number of rotatable bonds is 5. The number of esters is 2. The van der Waals surface area contributed by atoms with E-state index in [9.17, 15) is 18.0 Å². The maximum absolute atomic E-state index is 12.9. The lowest BCUT2D eigenvalue weighted by molar-refractivity contribution is 0.0600. The standard InChI is InChI=1S/C22H25NO6S/c1-15-12-16(2)14-23(13-15)30(26,27)20-10-6-18(7-11-20)22(25)29-19-8-4-17(5-9-19)21(24)28-3/h4-11,15-16H,12-14H2,1-3H3/t15-,16-/m0/s1. The Labute approximate surface area is 176 Å². The van der Waals surface area contributed by atoms with Crippen LogP contribution in [0.25, 0.3) is 0 Å². The second-order valence-electron chi connectivity index (χ2n) is 7.70. The van der Waals surface area contributed by atoms with Crippen molar-refractivity contribution in [2.24, 2.45) is 11.8 Å².